The predicted octanol–water partition coefficient (Wildman–Crippen LogP) is 0.824. The van der Waals surface area contributed by atoms with Crippen LogP contribution < -0.4 is 10.6 Å². The molecular formula is C14H21N5. The second-order valence-electron chi connectivity index (χ2n) is 5.13. The van der Waals surface area contributed by atoms with Crippen molar-refractivity contribution in [2.45, 2.75) is 13.5 Å². The Bertz CT molecular complexity index is 542. The molecule has 0 amide bonds. The SMILES string of the molecule is Cc1nc2ccc(CNCN3CCNCC3)cc2[nH]1. The molecule has 2 aromatic rings. The van der Waals surface area contributed by atoms with Crippen molar-refractivity contribution in [2.24, 2.45) is 0 Å². The Hall–Kier alpha value is -1.43. The van der Waals surface area contributed by atoms with Crippen molar-refractivity contribution < 1.29 is 0 Å². The maximum Gasteiger partial charge on any atom is 0.104 e. The summed E-state index contributed by atoms with van der Waals surface area (Å²) in [6.45, 7) is 8.31. The van der Waals surface area contributed by atoms with Gasteiger partial charge in [-0.1, -0.05) is 6.07 Å². The molecule has 5 heteroatoms. The highest BCUT2D eigenvalue weighted by Gasteiger charge is 2.08. The Morgan fingerprint density at radius 1 is 1.32 bits per heavy atom. The molecule has 0 saturated carbocycles. The minimum absolute atomic E-state index is 0.901. The van der Waals surface area contributed by atoms with Crippen LogP contribution in [-0.2, 0) is 6.54 Å². The van der Waals surface area contributed by atoms with Crippen LogP contribution in [0.4, 0.5) is 0 Å². The first-order valence-electron chi connectivity index (χ1n) is 6.90. The van der Waals surface area contributed by atoms with E-state index in [2.05, 4.69) is 43.7 Å². The predicted molar refractivity (Wildman–Crippen MR) is 77.0 cm³/mol. The van der Waals surface area contributed by atoms with E-state index in [4.69, 9.17) is 0 Å². The first kappa shape index (κ1) is 12.6. The molecule has 1 aliphatic rings. The molecule has 1 saturated heterocycles. The van der Waals surface area contributed by atoms with E-state index >= 15 is 0 Å². The van der Waals surface area contributed by atoms with Crippen LogP contribution in [0.2, 0.25) is 0 Å². The van der Waals surface area contributed by atoms with Crippen LogP contribution in [-0.4, -0.2) is 47.7 Å². The summed E-state index contributed by atoms with van der Waals surface area (Å²) in [6.07, 6.45) is 0. The number of aryl methyl sites for hydroxylation is 1. The Morgan fingerprint density at radius 2 is 2.16 bits per heavy atom. The van der Waals surface area contributed by atoms with Gasteiger partial charge in [0.1, 0.15) is 5.82 Å². The first-order chi connectivity index (χ1) is 9.31. The van der Waals surface area contributed by atoms with Gasteiger partial charge in [0.15, 0.2) is 0 Å². The van der Waals surface area contributed by atoms with Gasteiger partial charge in [0.2, 0.25) is 0 Å². The van der Waals surface area contributed by atoms with Crippen molar-refractivity contribution in [3.05, 3.63) is 29.6 Å². The topological polar surface area (TPSA) is 56.0 Å². The number of piperazine rings is 1. The highest BCUT2D eigenvalue weighted by Crippen LogP contribution is 2.13. The highest BCUT2D eigenvalue weighted by atomic mass is 15.2. The normalized spacial score (nSPS) is 17.1. The molecule has 1 aliphatic heterocycles. The van der Waals surface area contributed by atoms with Crippen molar-refractivity contribution in [2.75, 3.05) is 32.8 Å². The van der Waals surface area contributed by atoms with Crippen LogP contribution in [0, 0.1) is 6.92 Å². The van der Waals surface area contributed by atoms with Gasteiger partial charge in [-0.3, -0.25) is 4.90 Å². The van der Waals surface area contributed by atoms with Crippen LogP contribution in [0.5, 0.6) is 0 Å². The summed E-state index contributed by atoms with van der Waals surface area (Å²) in [7, 11) is 0. The lowest BCUT2D eigenvalue weighted by Crippen LogP contribution is -2.46. The first-order valence-corrected chi connectivity index (χ1v) is 6.90. The van der Waals surface area contributed by atoms with Gasteiger partial charge in [-0.15, -0.1) is 0 Å². The number of aromatic nitrogens is 2. The molecule has 0 unspecified atom stereocenters. The molecule has 0 aliphatic carbocycles. The third-order valence-corrected chi connectivity index (χ3v) is 3.54. The fraction of sp³-hybridized carbons (Fsp3) is 0.500. The molecule has 5 nitrogen and oxygen atoms in total. The monoisotopic (exact) mass is 259 g/mol. The number of hydrogen-bond donors (Lipinski definition) is 3. The molecule has 0 bridgehead atoms. The Balaban J connectivity index is 1.55. The van der Waals surface area contributed by atoms with E-state index < -0.39 is 0 Å². The number of nitrogens with zero attached hydrogens (tertiary/aromatic N) is 2. The summed E-state index contributed by atoms with van der Waals surface area (Å²) >= 11 is 0. The molecule has 1 fully saturated rings. The van der Waals surface area contributed by atoms with Crippen LogP contribution in [0.1, 0.15) is 11.4 Å². The maximum atomic E-state index is 4.42. The Labute approximate surface area is 113 Å². The number of rotatable bonds is 4. The average Bonchev–Trinajstić information content (AvgIpc) is 2.79. The zero-order chi connectivity index (χ0) is 13.1. The lowest BCUT2D eigenvalue weighted by molar-refractivity contribution is 0.223. The molecule has 2 heterocycles. The van der Waals surface area contributed by atoms with Gasteiger partial charge in [-0.25, -0.2) is 4.98 Å². The van der Waals surface area contributed by atoms with E-state index in [0.717, 1.165) is 56.3 Å². The minimum atomic E-state index is 0.901. The molecule has 3 N–H and O–H groups in total. The smallest absolute Gasteiger partial charge is 0.104 e. The van der Waals surface area contributed by atoms with E-state index in [0.29, 0.717) is 0 Å². The number of imidazole rings is 1. The zero-order valence-corrected chi connectivity index (χ0v) is 11.4. The van der Waals surface area contributed by atoms with Gasteiger partial charge in [-0.05, 0) is 24.6 Å². The van der Waals surface area contributed by atoms with Crippen molar-refractivity contribution >= 4 is 11.0 Å². The van der Waals surface area contributed by atoms with Gasteiger partial charge in [0, 0.05) is 39.4 Å². The average molecular weight is 259 g/mol. The molecule has 0 atom stereocenters. The quantitative estimate of drug-likeness (QED) is 0.761. The van der Waals surface area contributed by atoms with Crippen molar-refractivity contribution in [1.29, 1.82) is 0 Å². The van der Waals surface area contributed by atoms with Gasteiger partial charge in [-0.2, -0.15) is 0 Å². The molecule has 1 aromatic heterocycles. The van der Waals surface area contributed by atoms with Crippen LogP contribution in [0.3, 0.4) is 0 Å². The lowest BCUT2D eigenvalue weighted by Gasteiger charge is -2.27. The second kappa shape index (κ2) is 5.69. The van der Waals surface area contributed by atoms with E-state index in [1.54, 1.807) is 0 Å². The van der Waals surface area contributed by atoms with E-state index in [1.165, 1.54) is 5.56 Å². The number of H-pyrrole nitrogens is 1. The minimum Gasteiger partial charge on any atom is -0.342 e. The highest BCUT2D eigenvalue weighted by molar-refractivity contribution is 5.75. The van der Waals surface area contributed by atoms with Gasteiger partial charge >= 0.3 is 0 Å². The van der Waals surface area contributed by atoms with Crippen LogP contribution >= 0.6 is 0 Å². The van der Waals surface area contributed by atoms with Crippen LogP contribution in [0.15, 0.2) is 18.2 Å². The maximum absolute atomic E-state index is 4.42. The van der Waals surface area contributed by atoms with Crippen molar-refractivity contribution in [3.8, 4) is 0 Å². The number of benzene rings is 1. The summed E-state index contributed by atoms with van der Waals surface area (Å²) in [5.41, 5.74) is 3.47. The number of hydrogen-bond acceptors (Lipinski definition) is 4. The largest absolute Gasteiger partial charge is 0.342 e. The van der Waals surface area contributed by atoms with Crippen LogP contribution in [0.25, 0.3) is 11.0 Å². The second-order valence-corrected chi connectivity index (χ2v) is 5.13. The zero-order valence-electron chi connectivity index (χ0n) is 11.4. The molecule has 3 rings (SSSR count). The number of fused-ring (bicyclic) bond motifs is 1. The lowest BCUT2D eigenvalue weighted by atomic mass is 10.2. The molecule has 1 aromatic carbocycles. The summed E-state index contributed by atoms with van der Waals surface area (Å²) in [5, 5.41) is 6.87. The third kappa shape index (κ3) is 3.12. The fourth-order valence-electron chi connectivity index (χ4n) is 2.52. The van der Waals surface area contributed by atoms with Crippen molar-refractivity contribution in [3.63, 3.8) is 0 Å². The fourth-order valence-corrected chi connectivity index (χ4v) is 2.52. The molecular weight excluding hydrogens is 238 g/mol. The summed E-state index contributed by atoms with van der Waals surface area (Å²) in [6, 6.07) is 6.41. The standard InChI is InChI=1S/C14H21N5/c1-11-17-13-3-2-12(8-14(13)18-11)9-16-10-19-6-4-15-5-7-19/h2-3,8,15-16H,4-7,9-10H2,1H3,(H,17,18). The van der Waals surface area contributed by atoms with Gasteiger partial charge in [0.25, 0.3) is 0 Å². The summed E-state index contributed by atoms with van der Waals surface area (Å²) in [4.78, 5) is 10.1. The third-order valence-electron chi connectivity index (χ3n) is 3.54. The van der Waals surface area contributed by atoms with E-state index in [1.807, 2.05) is 6.92 Å². The van der Waals surface area contributed by atoms with Crippen molar-refractivity contribution in [1.82, 2.24) is 25.5 Å². The van der Waals surface area contributed by atoms with E-state index in [9.17, 15) is 0 Å². The molecule has 0 radical (unpaired) electrons. The molecule has 19 heavy (non-hydrogen) atoms. The molecule has 0 spiro atoms. The molecule has 102 valence electrons. The van der Waals surface area contributed by atoms with Gasteiger partial charge < -0.3 is 15.6 Å². The van der Waals surface area contributed by atoms with E-state index in [-0.39, 0.29) is 0 Å². The summed E-state index contributed by atoms with van der Waals surface area (Å²) < 4.78 is 0. The number of nitrogens with one attached hydrogen (secondary N) is 3. The Kier molecular flexibility index (Phi) is 3.77. The number of aromatic amines is 1. The van der Waals surface area contributed by atoms with Gasteiger partial charge in [0.05, 0.1) is 11.0 Å². The Morgan fingerprint density at radius 3 is 3.00 bits per heavy atom. The summed E-state index contributed by atoms with van der Waals surface area (Å²) in [5.74, 6) is 0.973.